The highest BCUT2D eigenvalue weighted by Gasteiger charge is 2.50. The largest absolute Gasteiger partial charge is 0.481 e. The van der Waals surface area contributed by atoms with Crippen molar-refractivity contribution in [2.75, 3.05) is 13.2 Å². The predicted molar refractivity (Wildman–Crippen MR) is 141 cm³/mol. The van der Waals surface area contributed by atoms with Gasteiger partial charge in [0, 0.05) is 21.9 Å². The molecule has 2 aromatic carbocycles. The van der Waals surface area contributed by atoms with E-state index in [1.165, 1.54) is 0 Å². The SMILES string of the molecule is CC[C@@H](COCC1(C(N)=O)CC1)N1C(=O)[C@@H](CC(=O)O)C[C@H](c2cccc(Cl)c2)[C@H]1c1ccc(Cl)cc1. The fourth-order valence-electron chi connectivity index (χ4n) is 5.37. The normalized spacial score (nSPS) is 23.5. The van der Waals surface area contributed by atoms with Gasteiger partial charge in [-0.1, -0.05) is 54.4 Å². The van der Waals surface area contributed by atoms with E-state index in [4.69, 9.17) is 33.7 Å². The first-order valence-electron chi connectivity index (χ1n) is 12.6. The Morgan fingerprint density at radius 1 is 1.14 bits per heavy atom. The van der Waals surface area contributed by atoms with Crippen molar-refractivity contribution >= 4 is 41.0 Å². The topological polar surface area (TPSA) is 110 Å². The summed E-state index contributed by atoms with van der Waals surface area (Å²) in [5, 5.41) is 10.7. The molecule has 1 aliphatic heterocycles. The Balaban J connectivity index is 1.73. The number of carbonyl (C=O) groups is 3. The third-order valence-electron chi connectivity index (χ3n) is 7.66. The average molecular weight is 547 g/mol. The Morgan fingerprint density at radius 3 is 2.41 bits per heavy atom. The third-order valence-corrected chi connectivity index (χ3v) is 8.15. The number of carboxylic acids is 1. The smallest absolute Gasteiger partial charge is 0.304 e. The van der Waals surface area contributed by atoms with Gasteiger partial charge in [-0.25, -0.2) is 0 Å². The minimum absolute atomic E-state index is 0.198. The van der Waals surface area contributed by atoms with Crippen LogP contribution >= 0.6 is 23.2 Å². The Labute approximate surface area is 226 Å². The van der Waals surface area contributed by atoms with Crippen LogP contribution in [0.1, 0.15) is 62.1 Å². The zero-order chi connectivity index (χ0) is 26.7. The van der Waals surface area contributed by atoms with Gasteiger partial charge in [0.25, 0.3) is 0 Å². The first kappa shape index (κ1) is 27.4. The van der Waals surface area contributed by atoms with Crippen molar-refractivity contribution in [1.82, 2.24) is 4.90 Å². The van der Waals surface area contributed by atoms with E-state index in [-0.39, 0.29) is 49.5 Å². The van der Waals surface area contributed by atoms with Crippen LogP contribution in [-0.4, -0.2) is 47.0 Å². The van der Waals surface area contributed by atoms with Gasteiger partial charge in [0.1, 0.15) is 0 Å². The Morgan fingerprint density at radius 2 is 1.84 bits per heavy atom. The molecule has 1 saturated carbocycles. The van der Waals surface area contributed by atoms with Crippen molar-refractivity contribution < 1.29 is 24.2 Å². The molecule has 2 aromatic rings. The fourth-order valence-corrected chi connectivity index (χ4v) is 5.70. The van der Waals surface area contributed by atoms with Gasteiger partial charge in [0.05, 0.1) is 37.1 Å². The third kappa shape index (κ3) is 6.11. The summed E-state index contributed by atoms with van der Waals surface area (Å²) in [4.78, 5) is 39.3. The molecule has 2 amide bonds. The maximum atomic E-state index is 13.9. The summed E-state index contributed by atoms with van der Waals surface area (Å²) in [6, 6.07) is 14.2. The van der Waals surface area contributed by atoms with Crippen LogP contribution in [-0.2, 0) is 19.1 Å². The molecule has 3 N–H and O–H groups in total. The lowest BCUT2D eigenvalue weighted by Gasteiger charge is -2.48. The van der Waals surface area contributed by atoms with Crippen LogP contribution in [0, 0.1) is 11.3 Å². The molecule has 1 saturated heterocycles. The standard InChI is InChI=1S/C28H32Cl2N2O5/c1-2-22(15-37-16-28(10-11-28)27(31)36)32-25(17-6-8-20(29)9-7-17)23(18-4-3-5-21(30)12-18)13-19(26(32)35)14-24(33)34/h3-9,12,19,22-23,25H,2,10-11,13-16H2,1H3,(H2,31,36)(H,33,34)/t19-,22+,23-,25-/m1/s1. The van der Waals surface area contributed by atoms with Crippen molar-refractivity contribution in [3.63, 3.8) is 0 Å². The second kappa shape index (κ2) is 11.4. The lowest BCUT2D eigenvalue weighted by Crippen LogP contribution is -2.53. The van der Waals surface area contributed by atoms with E-state index in [0.29, 0.717) is 35.7 Å². The van der Waals surface area contributed by atoms with Gasteiger partial charge < -0.3 is 20.5 Å². The number of ether oxygens (including phenoxy) is 1. The molecule has 0 bridgehead atoms. The second-order valence-electron chi connectivity index (χ2n) is 10.2. The molecular formula is C28H32Cl2N2O5. The summed E-state index contributed by atoms with van der Waals surface area (Å²) >= 11 is 12.5. The van der Waals surface area contributed by atoms with E-state index in [1.54, 1.807) is 23.1 Å². The Kier molecular flexibility index (Phi) is 8.46. The van der Waals surface area contributed by atoms with Gasteiger partial charge in [-0.05, 0) is 61.1 Å². The van der Waals surface area contributed by atoms with E-state index in [2.05, 4.69) is 0 Å². The predicted octanol–water partition coefficient (Wildman–Crippen LogP) is 5.20. The maximum absolute atomic E-state index is 13.9. The number of amides is 2. The molecule has 4 rings (SSSR count). The van der Waals surface area contributed by atoms with Gasteiger partial charge in [-0.2, -0.15) is 0 Å². The molecule has 37 heavy (non-hydrogen) atoms. The summed E-state index contributed by atoms with van der Waals surface area (Å²) in [5.74, 6) is -2.49. The Bertz CT molecular complexity index is 1150. The van der Waals surface area contributed by atoms with Gasteiger partial charge >= 0.3 is 5.97 Å². The summed E-state index contributed by atoms with van der Waals surface area (Å²) in [6.45, 7) is 2.39. The second-order valence-corrected chi connectivity index (χ2v) is 11.0. The number of aliphatic carboxylic acids is 1. The first-order chi connectivity index (χ1) is 17.6. The number of carboxylic acid groups (broad SMARTS) is 1. The van der Waals surface area contributed by atoms with E-state index in [1.807, 2.05) is 37.3 Å². The number of halogens is 2. The lowest BCUT2D eigenvalue weighted by atomic mass is 9.74. The highest BCUT2D eigenvalue weighted by molar-refractivity contribution is 6.30. The zero-order valence-corrected chi connectivity index (χ0v) is 22.3. The van der Waals surface area contributed by atoms with Crippen LogP contribution in [0.2, 0.25) is 10.0 Å². The van der Waals surface area contributed by atoms with E-state index >= 15 is 0 Å². The van der Waals surface area contributed by atoms with Gasteiger partial charge in [0.2, 0.25) is 11.8 Å². The zero-order valence-electron chi connectivity index (χ0n) is 20.7. The minimum atomic E-state index is -1.02. The number of benzene rings is 2. The summed E-state index contributed by atoms with van der Waals surface area (Å²) in [7, 11) is 0. The van der Waals surface area contributed by atoms with Crippen molar-refractivity contribution in [1.29, 1.82) is 0 Å². The number of likely N-dealkylation sites (tertiary alicyclic amines) is 1. The monoisotopic (exact) mass is 546 g/mol. The van der Waals surface area contributed by atoms with Crippen LogP contribution < -0.4 is 5.73 Å². The number of nitrogens with zero attached hydrogens (tertiary/aromatic N) is 1. The van der Waals surface area contributed by atoms with Crippen molar-refractivity contribution in [2.24, 2.45) is 17.1 Å². The molecule has 4 atom stereocenters. The van der Waals surface area contributed by atoms with Gasteiger partial charge in [0.15, 0.2) is 0 Å². The number of rotatable bonds is 11. The molecule has 0 spiro atoms. The van der Waals surface area contributed by atoms with Crippen LogP contribution in [0.15, 0.2) is 48.5 Å². The number of hydrogen-bond donors (Lipinski definition) is 2. The molecule has 0 radical (unpaired) electrons. The van der Waals surface area contributed by atoms with Gasteiger partial charge in [-0.15, -0.1) is 0 Å². The average Bonchev–Trinajstić information content (AvgIpc) is 3.65. The number of carbonyl (C=O) groups excluding carboxylic acids is 2. The van der Waals surface area contributed by atoms with Crippen molar-refractivity contribution in [3.05, 3.63) is 69.7 Å². The molecular weight excluding hydrogens is 515 g/mol. The molecule has 2 fully saturated rings. The molecule has 0 unspecified atom stereocenters. The molecule has 2 aliphatic rings. The highest BCUT2D eigenvalue weighted by atomic mass is 35.5. The number of hydrogen-bond acceptors (Lipinski definition) is 4. The van der Waals surface area contributed by atoms with E-state index < -0.39 is 17.3 Å². The number of primary amides is 1. The van der Waals surface area contributed by atoms with Crippen molar-refractivity contribution in [3.8, 4) is 0 Å². The highest BCUT2D eigenvalue weighted by Crippen LogP contribution is 2.48. The molecule has 198 valence electrons. The van der Waals surface area contributed by atoms with E-state index in [9.17, 15) is 19.5 Å². The van der Waals surface area contributed by atoms with Crippen LogP contribution in [0.4, 0.5) is 0 Å². The van der Waals surface area contributed by atoms with Crippen LogP contribution in [0.3, 0.4) is 0 Å². The molecule has 1 aliphatic carbocycles. The molecule has 1 heterocycles. The number of nitrogens with two attached hydrogens (primary N) is 1. The molecule has 7 nitrogen and oxygen atoms in total. The van der Waals surface area contributed by atoms with Crippen molar-refractivity contribution in [2.45, 2.75) is 57.0 Å². The van der Waals surface area contributed by atoms with Gasteiger partial charge in [-0.3, -0.25) is 14.4 Å². The summed E-state index contributed by atoms with van der Waals surface area (Å²) < 4.78 is 6.00. The Hall–Kier alpha value is -2.61. The minimum Gasteiger partial charge on any atom is -0.481 e. The van der Waals surface area contributed by atoms with Crippen LogP contribution in [0.5, 0.6) is 0 Å². The summed E-state index contributed by atoms with van der Waals surface area (Å²) in [5.41, 5.74) is 6.77. The van der Waals surface area contributed by atoms with E-state index in [0.717, 1.165) is 11.1 Å². The fraction of sp³-hybridized carbons (Fsp3) is 0.464. The quantitative estimate of drug-likeness (QED) is 0.402. The number of piperidine rings is 1. The molecule has 0 aromatic heterocycles. The lowest BCUT2D eigenvalue weighted by molar-refractivity contribution is -0.154. The summed E-state index contributed by atoms with van der Waals surface area (Å²) in [6.07, 6.45) is 2.10. The molecule has 9 heteroatoms. The first-order valence-corrected chi connectivity index (χ1v) is 13.3. The van der Waals surface area contributed by atoms with Crippen LogP contribution in [0.25, 0.3) is 0 Å². The maximum Gasteiger partial charge on any atom is 0.304 e.